The van der Waals surface area contributed by atoms with Crippen molar-refractivity contribution in [1.82, 2.24) is 19.2 Å². The van der Waals surface area contributed by atoms with E-state index in [2.05, 4.69) is 10.1 Å². The maximum absolute atomic E-state index is 12.1. The van der Waals surface area contributed by atoms with E-state index in [1.807, 2.05) is 24.3 Å². The first-order valence-corrected chi connectivity index (χ1v) is 5.86. The Hall–Kier alpha value is -2.47. The zero-order chi connectivity index (χ0) is 13.2. The van der Waals surface area contributed by atoms with Crippen molar-refractivity contribution in [3.63, 3.8) is 0 Å². The van der Waals surface area contributed by atoms with Crippen LogP contribution in [0, 0.1) is 0 Å². The molecule has 6 heteroatoms. The van der Waals surface area contributed by atoms with E-state index in [0.717, 1.165) is 11.1 Å². The van der Waals surface area contributed by atoms with Gasteiger partial charge >= 0.3 is 5.69 Å². The highest BCUT2D eigenvalue weighted by atomic mass is 16.3. The predicted molar refractivity (Wildman–Crippen MR) is 68.7 cm³/mol. The minimum absolute atomic E-state index is 0.0141. The van der Waals surface area contributed by atoms with E-state index in [0.29, 0.717) is 12.2 Å². The average Bonchev–Trinajstić information content (AvgIpc) is 2.77. The Kier molecular flexibility index (Phi) is 2.85. The van der Waals surface area contributed by atoms with Gasteiger partial charge in [0.25, 0.3) is 0 Å². The lowest BCUT2D eigenvalue weighted by Gasteiger charge is -2.01. The SMILES string of the molecule is O=c1n(Cc2ccc(CO)cc2)nc2cnccn12. The zero-order valence-corrected chi connectivity index (χ0v) is 10.1. The Labute approximate surface area is 108 Å². The number of aliphatic hydroxyl groups is 1. The summed E-state index contributed by atoms with van der Waals surface area (Å²) in [6.07, 6.45) is 4.69. The molecular weight excluding hydrogens is 244 g/mol. The number of hydrogen-bond donors (Lipinski definition) is 1. The molecule has 3 aromatic rings. The number of rotatable bonds is 3. The minimum atomic E-state index is -0.191. The maximum Gasteiger partial charge on any atom is 0.350 e. The third-order valence-electron chi connectivity index (χ3n) is 2.93. The first-order valence-electron chi connectivity index (χ1n) is 5.86. The van der Waals surface area contributed by atoms with Crippen molar-refractivity contribution in [3.8, 4) is 0 Å². The monoisotopic (exact) mass is 256 g/mol. The molecule has 0 saturated heterocycles. The Morgan fingerprint density at radius 3 is 2.58 bits per heavy atom. The summed E-state index contributed by atoms with van der Waals surface area (Å²) in [5, 5.41) is 13.2. The van der Waals surface area contributed by atoms with Crippen molar-refractivity contribution in [2.24, 2.45) is 0 Å². The van der Waals surface area contributed by atoms with Crippen LogP contribution >= 0.6 is 0 Å². The molecule has 0 atom stereocenters. The topological polar surface area (TPSA) is 72.4 Å². The first-order chi connectivity index (χ1) is 9.28. The molecule has 2 heterocycles. The van der Waals surface area contributed by atoms with Gasteiger partial charge in [0.15, 0.2) is 5.65 Å². The number of aliphatic hydroxyl groups excluding tert-OH is 1. The minimum Gasteiger partial charge on any atom is -0.392 e. The van der Waals surface area contributed by atoms with Crippen LogP contribution in [-0.2, 0) is 13.2 Å². The molecule has 0 aliphatic carbocycles. The van der Waals surface area contributed by atoms with Crippen LogP contribution in [0.5, 0.6) is 0 Å². The van der Waals surface area contributed by atoms with Crippen LogP contribution in [0.4, 0.5) is 0 Å². The van der Waals surface area contributed by atoms with Crippen molar-refractivity contribution >= 4 is 5.65 Å². The van der Waals surface area contributed by atoms with Gasteiger partial charge in [-0.2, -0.15) is 0 Å². The quantitative estimate of drug-likeness (QED) is 0.737. The van der Waals surface area contributed by atoms with Crippen LogP contribution in [0.2, 0.25) is 0 Å². The highest BCUT2D eigenvalue weighted by Crippen LogP contribution is 2.05. The van der Waals surface area contributed by atoms with Crippen molar-refractivity contribution in [3.05, 3.63) is 64.5 Å². The summed E-state index contributed by atoms with van der Waals surface area (Å²) in [4.78, 5) is 16.0. The fourth-order valence-electron chi connectivity index (χ4n) is 1.91. The van der Waals surface area contributed by atoms with E-state index in [1.165, 1.54) is 9.08 Å². The molecule has 1 aromatic carbocycles. The Bertz CT molecular complexity index is 758. The number of fused-ring (bicyclic) bond motifs is 1. The summed E-state index contributed by atoms with van der Waals surface area (Å²) in [7, 11) is 0. The third-order valence-corrected chi connectivity index (χ3v) is 2.93. The lowest BCUT2D eigenvalue weighted by Crippen LogP contribution is -2.21. The molecule has 0 aliphatic rings. The van der Waals surface area contributed by atoms with Crippen molar-refractivity contribution in [2.75, 3.05) is 0 Å². The van der Waals surface area contributed by atoms with Crippen LogP contribution in [0.1, 0.15) is 11.1 Å². The van der Waals surface area contributed by atoms with Crippen molar-refractivity contribution in [2.45, 2.75) is 13.2 Å². The number of aromatic nitrogens is 4. The highest BCUT2D eigenvalue weighted by molar-refractivity contribution is 5.32. The molecule has 0 fully saturated rings. The Morgan fingerprint density at radius 1 is 1.16 bits per heavy atom. The van der Waals surface area contributed by atoms with E-state index >= 15 is 0 Å². The van der Waals surface area contributed by atoms with Gasteiger partial charge in [-0.3, -0.25) is 4.98 Å². The van der Waals surface area contributed by atoms with Crippen LogP contribution < -0.4 is 5.69 Å². The second-order valence-electron chi connectivity index (χ2n) is 4.22. The lowest BCUT2D eigenvalue weighted by atomic mass is 10.1. The maximum atomic E-state index is 12.1. The molecule has 0 aliphatic heterocycles. The molecule has 0 radical (unpaired) electrons. The molecule has 0 amide bonds. The third kappa shape index (κ3) is 2.13. The molecule has 96 valence electrons. The largest absolute Gasteiger partial charge is 0.392 e. The Morgan fingerprint density at radius 2 is 1.89 bits per heavy atom. The van der Waals surface area contributed by atoms with Gasteiger partial charge in [0, 0.05) is 12.4 Å². The summed E-state index contributed by atoms with van der Waals surface area (Å²) in [6, 6.07) is 7.41. The highest BCUT2D eigenvalue weighted by Gasteiger charge is 2.06. The Balaban J connectivity index is 1.96. The van der Waals surface area contributed by atoms with E-state index < -0.39 is 0 Å². The van der Waals surface area contributed by atoms with E-state index in [-0.39, 0.29) is 12.3 Å². The van der Waals surface area contributed by atoms with Crippen molar-refractivity contribution in [1.29, 1.82) is 0 Å². The van der Waals surface area contributed by atoms with Crippen LogP contribution in [-0.4, -0.2) is 24.3 Å². The molecule has 3 rings (SSSR count). The lowest BCUT2D eigenvalue weighted by molar-refractivity contribution is 0.282. The second kappa shape index (κ2) is 4.66. The summed E-state index contributed by atoms with van der Waals surface area (Å²) >= 11 is 0. The van der Waals surface area contributed by atoms with Crippen LogP contribution in [0.3, 0.4) is 0 Å². The summed E-state index contributed by atoms with van der Waals surface area (Å²) in [5.41, 5.74) is 2.13. The molecule has 0 spiro atoms. The summed E-state index contributed by atoms with van der Waals surface area (Å²) in [6.45, 7) is 0.409. The zero-order valence-electron chi connectivity index (χ0n) is 10.1. The molecule has 0 unspecified atom stereocenters. The van der Waals surface area contributed by atoms with Gasteiger partial charge in [-0.05, 0) is 11.1 Å². The van der Waals surface area contributed by atoms with Gasteiger partial charge in [-0.25, -0.2) is 13.9 Å². The van der Waals surface area contributed by atoms with Gasteiger partial charge in [-0.1, -0.05) is 24.3 Å². The first kappa shape index (κ1) is 11.6. The molecule has 0 saturated carbocycles. The van der Waals surface area contributed by atoms with Crippen LogP contribution in [0.25, 0.3) is 5.65 Å². The number of nitrogens with zero attached hydrogens (tertiary/aromatic N) is 4. The molecule has 1 N–H and O–H groups in total. The smallest absolute Gasteiger partial charge is 0.350 e. The van der Waals surface area contributed by atoms with E-state index in [9.17, 15) is 4.79 Å². The molecule has 6 nitrogen and oxygen atoms in total. The van der Waals surface area contributed by atoms with E-state index in [4.69, 9.17) is 5.11 Å². The molecule has 19 heavy (non-hydrogen) atoms. The fourth-order valence-corrected chi connectivity index (χ4v) is 1.91. The number of hydrogen-bond acceptors (Lipinski definition) is 4. The second-order valence-corrected chi connectivity index (χ2v) is 4.22. The standard InChI is InChI=1S/C13H12N4O2/c18-9-11-3-1-10(2-4-11)8-17-13(19)16-6-5-14-7-12(16)15-17/h1-7,18H,8-9H2. The molecular formula is C13H12N4O2. The van der Waals surface area contributed by atoms with Gasteiger partial charge in [0.1, 0.15) is 0 Å². The fraction of sp³-hybridized carbons (Fsp3) is 0.154. The van der Waals surface area contributed by atoms with Gasteiger partial charge in [0.05, 0.1) is 19.3 Å². The number of benzene rings is 1. The molecule has 0 bridgehead atoms. The summed E-state index contributed by atoms with van der Waals surface area (Å²) in [5.74, 6) is 0. The van der Waals surface area contributed by atoms with Gasteiger partial charge in [-0.15, -0.1) is 5.10 Å². The van der Waals surface area contributed by atoms with Gasteiger partial charge in [0.2, 0.25) is 0 Å². The average molecular weight is 256 g/mol. The normalized spacial score (nSPS) is 11.0. The summed E-state index contributed by atoms with van der Waals surface area (Å²) < 4.78 is 2.85. The van der Waals surface area contributed by atoms with Gasteiger partial charge < -0.3 is 5.11 Å². The van der Waals surface area contributed by atoms with Crippen molar-refractivity contribution < 1.29 is 5.11 Å². The van der Waals surface area contributed by atoms with Crippen LogP contribution in [0.15, 0.2) is 47.7 Å². The predicted octanol–water partition coefficient (Wildman–Crippen LogP) is 0.432. The van der Waals surface area contributed by atoms with E-state index in [1.54, 1.807) is 18.6 Å². The molecule has 2 aromatic heterocycles.